The highest BCUT2D eigenvalue weighted by molar-refractivity contribution is 7.18. The lowest BCUT2D eigenvalue weighted by molar-refractivity contribution is 0.0540. The first-order chi connectivity index (χ1) is 16.7. The molecule has 4 rings (SSSR count). The zero-order valence-electron chi connectivity index (χ0n) is 18.9. The van der Waals surface area contributed by atoms with Crippen LogP contribution in [0.5, 0.6) is 5.06 Å². The van der Waals surface area contributed by atoms with Crippen LogP contribution in [0.4, 0.5) is 15.1 Å². The first kappa shape index (κ1) is 25.5. The van der Waals surface area contributed by atoms with Gasteiger partial charge in [0.1, 0.15) is 17.1 Å². The number of nitrogens with zero attached hydrogens (tertiary/aromatic N) is 3. The first-order valence-corrected chi connectivity index (χ1v) is 12.8. The number of carbonyl (C=O) groups is 2. The van der Waals surface area contributed by atoms with Gasteiger partial charge in [-0.3, -0.25) is 4.79 Å². The smallest absolute Gasteiger partial charge is 0.437 e. The first-order valence-electron chi connectivity index (χ1n) is 10.3. The van der Waals surface area contributed by atoms with E-state index in [0.29, 0.717) is 51.9 Å². The number of halogens is 2. The molecule has 35 heavy (non-hydrogen) atoms. The highest BCUT2D eigenvalue weighted by Crippen LogP contribution is 2.41. The lowest BCUT2D eigenvalue weighted by atomic mass is 10.0. The fraction of sp³-hybridized carbons (Fsp3) is 0.400. The number of thiazole rings is 2. The van der Waals surface area contributed by atoms with Crippen molar-refractivity contribution < 1.29 is 23.8 Å². The van der Waals surface area contributed by atoms with Crippen LogP contribution in [-0.4, -0.2) is 66.5 Å². The number of methoxy groups -OCH3 is 2. The van der Waals surface area contributed by atoms with Crippen LogP contribution in [-0.2, 0) is 9.47 Å². The summed E-state index contributed by atoms with van der Waals surface area (Å²) in [6.45, 7) is 2.73. The number of piperidine rings is 1. The van der Waals surface area contributed by atoms with Crippen molar-refractivity contribution in [3.05, 3.63) is 26.8 Å². The second-order valence-corrected chi connectivity index (χ2v) is 10.2. The van der Waals surface area contributed by atoms with Crippen LogP contribution >= 0.6 is 45.9 Å². The van der Waals surface area contributed by atoms with E-state index in [9.17, 15) is 9.59 Å². The third kappa shape index (κ3) is 5.33. The van der Waals surface area contributed by atoms with E-state index < -0.39 is 6.16 Å². The molecule has 0 radical (unpaired) electrons. The number of nitrogens with two attached hydrogens (primary N) is 1. The van der Waals surface area contributed by atoms with Gasteiger partial charge in [-0.15, -0.1) is 11.3 Å². The second-order valence-electron chi connectivity index (χ2n) is 7.60. The Labute approximate surface area is 218 Å². The van der Waals surface area contributed by atoms with E-state index in [4.69, 9.17) is 38.4 Å². The summed E-state index contributed by atoms with van der Waals surface area (Å²) in [5.74, 6) is -0.364. The Morgan fingerprint density at radius 1 is 1.29 bits per heavy atom. The fourth-order valence-corrected chi connectivity index (χ4v) is 5.56. The molecule has 3 aromatic heterocycles. The van der Waals surface area contributed by atoms with E-state index in [2.05, 4.69) is 25.0 Å². The molecule has 2 atom stereocenters. The molecule has 0 aromatic carbocycles. The van der Waals surface area contributed by atoms with Gasteiger partial charge < -0.3 is 35.1 Å². The van der Waals surface area contributed by atoms with Gasteiger partial charge in [-0.25, -0.2) is 14.8 Å². The van der Waals surface area contributed by atoms with Crippen LogP contribution in [0, 0.1) is 6.92 Å². The quantitative estimate of drug-likeness (QED) is 0.381. The molecule has 1 amide bonds. The molecule has 11 nitrogen and oxygen atoms in total. The molecule has 15 heteroatoms. The number of aromatic nitrogens is 3. The standard InChI is InChI=1S/C20H22Cl2N6O5S2/c1-8-12(21)13(22)15(24-8)16(29)25-9-4-5-28(6-11(9)31-2)19-27-14(10-7-34-18(23)26-10)17(35-19)33-20(30)32-3/h7,9,11,24H,4-6H2,1-3H3,(H2,23,26)(H,25,29)/t9-,11+/m1/s1. The van der Waals surface area contributed by atoms with Crippen molar-refractivity contribution in [1.82, 2.24) is 20.3 Å². The molecule has 4 N–H and O–H groups in total. The number of amides is 1. The number of hydrogen-bond acceptors (Lipinski definition) is 11. The predicted molar refractivity (Wildman–Crippen MR) is 135 cm³/mol. The topological polar surface area (TPSA) is 145 Å². The zero-order valence-corrected chi connectivity index (χ0v) is 22.0. The normalized spacial score (nSPS) is 17.9. The van der Waals surface area contributed by atoms with Crippen LogP contribution in [0.15, 0.2) is 5.38 Å². The van der Waals surface area contributed by atoms with Gasteiger partial charge in [-0.2, -0.15) is 0 Å². The summed E-state index contributed by atoms with van der Waals surface area (Å²) in [4.78, 5) is 38.4. The van der Waals surface area contributed by atoms with Crippen molar-refractivity contribution in [2.75, 3.05) is 37.9 Å². The number of ether oxygens (including phenoxy) is 3. The Hall–Kier alpha value is -2.58. The molecule has 3 aromatic rings. The number of aryl methyl sites for hydroxylation is 1. The van der Waals surface area contributed by atoms with E-state index in [-0.39, 0.29) is 33.8 Å². The summed E-state index contributed by atoms with van der Waals surface area (Å²) in [5.41, 5.74) is 7.48. The fourth-order valence-electron chi connectivity index (χ4n) is 3.64. The third-order valence-electron chi connectivity index (χ3n) is 5.42. The molecule has 0 aliphatic carbocycles. The van der Waals surface area contributed by atoms with Gasteiger partial charge in [0.2, 0.25) is 5.06 Å². The number of hydrogen-bond donors (Lipinski definition) is 3. The van der Waals surface area contributed by atoms with Gasteiger partial charge in [-0.05, 0) is 13.3 Å². The van der Waals surface area contributed by atoms with E-state index >= 15 is 0 Å². The summed E-state index contributed by atoms with van der Waals surface area (Å²) in [6, 6.07) is -0.272. The maximum absolute atomic E-state index is 12.8. The minimum atomic E-state index is -0.862. The summed E-state index contributed by atoms with van der Waals surface area (Å²) in [6.07, 6.45) is -0.634. The van der Waals surface area contributed by atoms with Crippen molar-refractivity contribution >= 4 is 68.2 Å². The summed E-state index contributed by atoms with van der Waals surface area (Å²) in [5, 5.41) is 6.44. The average Bonchev–Trinajstić information content (AvgIpc) is 3.53. The van der Waals surface area contributed by atoms with E-state index in [1.807, 2.05) is 4.90 Å². The maximum atomic E-state index is 12.8. The number of H-pyrrole nitrogens is 1. The number of nitrogen functional groups attached to an aromatic ring is 1. The van der Waals surface area contributed by atoms with Gasteiger partial charge in [0.05, 0.1) is 29.3 Å². The number of carbonyl (C=O) groups excluding carboxylic acids is 2. The Balaban J connectivity index is 1.52. The van der Waals surface area contributed by atoms with Crippen LogP contribution in [0.1, 0.15) is 22.6 Å². The van der Waals surface area contributed by atoms with Crippen molar-refractivity contribution in [2.45, 2.75) is 25.5 Å². The van der Waals surface area contributed by atoms with E-state index in [1.54, 1.807) is 19.4 Å². The molecule has 0 spiro atoms. The Bertz CT molecular complexity index is 1240. The number of aromatic amines is 1. The van der Waals surface area contributed by atoms with Gasteiger partial charge in [0, 0.05) is 31.3 Å². The lowest BCUT2D eigenvalue weighted by Crippen LogP contribution is -2.55. The van der Waals surface area contributed by atoms with Crippen molar-refractivity contribution in [3.8, 4) is 16.5 Å². The largest absolute Gasteiger partial charge is 0.514 e. The SMILES string of the molecule is COC(=O)Oc1sc(N2CC[C@@H](NC(=O)c3[nH]c(C)c(Cl)c3Cl)[C@@H](OC)C2)nc1-c1csc(N)n1. The second kappa shape index (κ2) is 10.6. The zero-order chi connectivity index (χ0) is 25.3. The molecule has 1 saturated heterocycles. The van der Waals surface area contributed by atoms with Crippen molar-refractivity contribution in [2.24, 2.45) is 0 Å². The molecule has 1 aliphatic heterocycles. The van der Waals surface area contributed by atoms with Crippen molar-refractivity contribution in [3.63, 3.8) is 0 Å². The summed E-state index contributed by atoms with van der Waals surface area (Å²) >= 11 is 14.7. The molecule has 1 aliphatic rings. The number of nitrogens with one attached hydrogen (secondary N) is 2. The highest BCUT2D eigenvalue weighted by Gasteiger charge is 2.34. The molecule has 4 heterocycles. The average molecular weight is 561 g/mol. The Kier molecular flexibility index (Phi) is 7.71. The van der Waals surface area contributed by atoms with Gasteiger partial charge >= 0.3 is 6.16 Å². The van der Waals surface area contributed by atoms with Gasteiger partial charge in [0.15, 0.2) is 10.3 Å². The summed E-state index contributed by atoms with van der Waals surface area (Å²) in [7, 11) is 2.80. The van der Waals surface area contributed by atoms with Crippen LogP contribution in [0.3, 0.4) is 0 Å². The monoisotopic (exact) mass is 560 g/mol. The third-order valence-corrected chi connectivity index (χ3v) is 8.04. The summed E-state index contributed by atoms with van der Waals surface area (Å²) < 4.78 is 15.6. The molecule has 0 bridgehead atoms. The molecular weight excluding hydrogens is 539 g/mol. The maximum Gasteiger partial charge on any atom is 0.514 e. The highest BCUT2D eigenvalue weighted by atomic mass is 35.5. The van der Waals surface area contributed by atoms with E-state index in [0.717, 1.165) is 0 Å². The Morgan fingerprint density at radius 2 is 2.06 bits per heavy atom. The minimum Gasteiger partial charge on any atom is -0.437 e. The predicted octanol–water partition coefficient (Wildman–Crippen LogP) is 3.96. The minimum absolute atomic E-state index is 0.184. The van der Waals surface area contributed by atoms with Gasteiger partial charge in [-0.1, -0.05) is 34.5 Å². The van der Waals surface area contributed by atoms with Crippen LogP contribution in [0.2, 0.25) is 10.0 Å². The van der Waals surface area contributed by atoms with Gasteiger partial charge in [0.25, 0.3) is 5.91 Å². The number of anilines is 2. The molecular formula is C20H22Cl2N6O5S2. The van der Waals surface area contributed by atoms with Crippen molar-refractivity contribution in [1.29, 1.82) is 0 Å². The van der Waals surface area contributed by atoms with Crippen LogP contribution in [0.25, 0.3) is 11.4 Å². The molecule has 1 fully saturated rings. The molecule has 0 saturated carbocycles. The number of rotatable bonds is 6. The Morgan fingerprint density at radius 3 is 2.66 bits per heavy atom. The van der Waals surface area contributed by atoms with E-state index in [1.165, 1.54) is 29.8 Å². The van der Waals surface area contributed by atoms with Crippen LogP contribution < -0.4 is 20.7 Å². The lowest BCUT2D eigenvalue weighted by Gasteiger charge is -2.37. The molecule has 0 unspecified atom stereocenters. The molecule has 188 valence electrons.